The minimum Gasteiger partial charge on any atom is -0.350 e. The van der Waals surface area contributed by atoms with Crippen LogP contribution in [-0.2, 0) is 28.5 Å². The van der Waals surface area contributed by atoms with E-state index >= 15 is 0 Å². The molecule has 0 bridgehead atoms. The highest BCUT2D eigenvalue weighted by molar-refractivity contribution is 6.06. The molecular weight excluding hydrogens is 388 g/mol. The second-order valence-corrected chi connectivity index (χ2v) is 9.44. The average molecular weight is 423 g/mol. The molecule has 0 aromatic carbocycles. The molecule has 4 heterocycles. The Bertz CT molecular complexity index is 595. The van der Waals surface area contributed by atoms with Crippen LogP contribution in [0, 0.1) is 5.41 Å². The first-order valence-electron chi connectivity index (χ1n) is 11.7. The molecule has 8 nitrogen and oxygen atoms in total. The van der Waals surface area contributed by atoms with Gasteiger partial charge in [0.05, 0.1) is 26.4 Å². The van der Waals surface area contributed by atoms with Crippen LogP contribution in [0.15, 0.2) is 0 Å². The molecule has 168 valence electrons. The Kier molecular flexibility index (Phi) is 5.54. The summed E-state index contributed by atoms with van der Waals surface area (Å²) in [5.41, 5.74) is -0.864. The quantitative estimate of drug-likeness (QED) is 0.630. The van der Waals surface area contributed by atoms with Crippen molar-refractivity contribution in [3.8, 4) is 0 Å². The molecule has 0 radical (unpaired) electrons. The van der Waals surface area contributed by atoms with Crippen LogP contribution in [0.25, 0.3) is 0 Å². The standard InChI is InChI=1S/C22H34N2O6/c25-18(23-10-6-21(7-11-23)27-14-2-15-28-21)20(4-1-5-20)19(26)24-12-8-22(9-13-24)29-16-3-17-30-22/h1-17H2. The van der Waals surface area contributed by atoms with Crippen molar-refractivity contribution in [3.63, 3.8) is 0 Å². The fraction of sp³-hybridized carbons (Fsp3) is 0.909. The molecule has 2 spiro atoms. The summed E-state index contributed by atoms with van der Waals surface area (Å²) in [6.45, 7) is 5.27. The van der Waals surface area contributed by atoms with E-state index in [2.05, 4.69) is 0 Å². The zero-order valence-electron chi connectivity index (χ0n) is 17.9. The van der Waals surface area contributed by atoms with Crippen molar-refractivity contribution >= 4 is 11.8 Å². The maximum Gasteiger partial charge on any atom is 0.238 e. The van der Waals surface area contributed by atoms with Crippen molar-refractivity contribution in [2.45, 2.75) is 69.4 Å². The third-order valence-corrected chi connectivity index (χ3v) is 7.69. The molecule has 5 rings (SSSR count). The number of piperidine rings is 2. The van der Waals surface area contributed by atoms with Crippen molar-refractivity contribution in [2.24, 2.45) is 5.41 Å². The maximum absolute atomic E-state index is 13.5. The van der Waals surface area contributed by atoms with Gasteiger partial charge >= 0.3 is 0 Å². The van der Waals surface area contributed by atoms with Crippen molar-refractivity contribution in [3.05, 3.63) is 0 Å². The molecule has 2 amide bonds. The van der Waals surface area contributed by atoms with Crippen LogP contribution < -0.4 is 0 Å². The fourth-order valence-electron chi connectivity index (χ4n) is 5.57. The fourth-order valence-corrected chi connectivity index (χ4v) is 5.57. The second kappa shape index (κ2) is 8.04. The molecule has 0 N–H and O–H groups in total. The van der Waals surface area contributed by atoms with Gasteiger partial charge in [-0.3, -0.25) is 9.59 Å². The molecule has 5 aliphatic rings. The monoisotopic (exact) mass is 422 g/mol. The van der Waals surface area contributed by atoms with Gasteiger partial charge < -0.3 is 28.7 Å². The number of carbonyl (C=O) groups excluding carboxylic acids is 2. The molecular formula is C22H34N2O6. The maximum atomic E-state index is 13.5. The van der Waals surface area contributed by atoms with E-state index in [1.807, 2.05) is 9.80 Å². The van der Waals surface area contributed by atoms with Gasteiger partial charge in [0.15, 0.2) is 11.6 Å². The minimum absolute atomic E-state index is 0.00913. The van der Waals surface area contributed by atoms with Crippen LogP contribution in [0.1, 0.15) is 57.8 Å². The van der Waals surface area contributed by atoms with Gasteiger partial charge in [0.1, 0.15) is 5.41 Å². The summed E-state index contributed by atoms with van der Waals surface area (Å²) >= 11 is 0. The van der Waals surface area contributed by atoms with E-state index in [4.69, 9.17) is 18.9 Å². The zero-order chi connectivity index (χ0) is 20.7. The Morgan fingerprint density at radius 1 is 0.533 bits per heavy atom. The molecule has 30 heavy (non-hydrogen) atoms. The number of amides is 2. The lowest BCUT2D eigenvalue weighted by molar-refractivity contribution is -0.283. The molecule has 8 heteroatoms. The molecule has 1 saturated carbocycles. The van der Waals surface area contributed by atoms with Crippen LogP contribution in [0.3, 0.4) is 0 Å². The summed E-state index contributed by atoms with van der Waals surface area (Å²) in [6.07, 6.45) is 6.85. The van der Waals surface area contributed by atoms with Gasteiger partial charge in [-0.15, -0.1) is 0 Å². The van der Waals surface area contributed by atoms with Crippen LogP contribution in [0.2, 0.25) is 0 Å². The molecule has 4 saturated heterocycles. The number of rotatable bonds is 2. The van der Waals surface area contributed by atoms with E-state index in [9.17, 15) is 9.59 Å². The Labute approximate surface area is 178 Å². The summed E-state index contributed by atoms with van der Waals surface area (Å²) in [5, 5.41) is 0. The van der Waals surface area contributed by atoms with Crippen molar-refractivity contribution in [1.29, 1.82) is 0 Å². The van der Waals surface area contributed by atoms with Gasteiger partial charge in [-0.1, -0.05) is 6.42 Å². The van der Waals surface area contributed by atoms with Gasteiger partial charge in [-0.25, -0.2) is 0 Å². The number of ether oxygens (including phenoxy) is 4. The lowest BCUT2D eigenvalue weighted by atomic mass is 9.66. The first-order valence-corrected chi connectivity index (χ1v) is 11.7. The van der Waals surface area contributed by atoms with Gasteiger partial charge in [0, 0.05) is 51.9 Å². The molecule has 0 aromatic heterocycles. The van der Waals surface area contributed by atoms with Crippen LogP contribution in [0.4, 0.5) is 0 Å². The Hall–Kier alpha value is -1.22. The lowest BCUT2D eigenvalue weighted by Crippen LogP contribution is -2.62. The summed E-state index contributed by atoms with van der Waals surface area (Å²) in [5.74, 6) is -1.02. The van der Waals surface area contributed by atoms with E-state index in [0.29, 0.717) is 64.7 Å². The molecule has 0 atom stereocenters. The molecule has 0 aromatic rings. The Balaban J connectivity index is 1.21. The highest BCUT2D eigenvalue weighted by Gasteiger charge is 2.56. The molecule has 0 unspecified atom stereocenters. The predicted octanol–water partition coefficient (Wildman–Crippen LogP) is 1.67. The summed E-state index contributed by atoms with van der Waals surface area (Å²) in [6, 6.07) is 0. The molecule has 4 aliphatic heterocycles. The smallest absolute Gasteiger partial charge is 0.238 e. The first-order chi connectivity index (χ1) is 14.6. The number of hydrogen-bond donors (Lipinski definition) is 0. The normalized spacial score (nSPS) is 30.1. The number of hydrogen-bond acceptors (Lipinski definition) is 6. The Morgan fingerprint density at radius 2 is 0.900 bits per heavy atom. The van der Waals surface area contributed by atoms with E-state index < -0.39 is 17.0 Å². The number of likely N-dealkylation sites (tertiary alicyclic amines) is 2. The number of carbonyl (C=O) groups is 2. The topological polar surface area (TPSA) is 77.5 Å². The van der Waals surface area contributed by atoms with Gasteiger partial charge in [0.25, 0.3) is 0 Å². The number of nitrogens with zero attached hydrogens (tertiary/aromatic N) is 2. The molecule has 5 fully saturated rings. The van der Waals surface area contributed by atoms with E-state index in [0.717, 1.165) is 45.7 Å². The second-order valence-electron chi connectivity index (χ2n) is 9.44. The van der Waals surface area contributed by atoms with Crippen LogP contribution in [0.5, 0.6) is 0 Å². The van der Waals surface area contributed by atoms with Gasteiger partial charge in [-0.05, 0) is 25.7 Å². The van der Waals surface area contributed by atoms with Crippen LogP contribution >= 0.6 is 0 Å². The molecule has 1 aliphatic carbocycles. The predicted molar refractivity (Wildman–Crippen MR) is 106 cm³/mol. The van der Waals surface area contributed by atoms with E-state index in [1.165, 1.54) is 0 Å². The van der Waals surface area contributed by atoms with Gasteiger partial charge in [0.2, 0.25) is 11.8 Å². The first kappa shape index (κ1) is 20.7. The summed E-state index contributed by atoms with van der Waals surface area (Å²) in [7, 11) is 0. The van der Waals surface area contributed by atoms with E-state index in [1.54, 1.807) is 0 Å². The van der Waals surface area contributed by atoms with Crippen molar-refractivity contribution in [2.75, 3.05) is 52.6 Å². The van der Waals surface area contributed by atoms with Crippen molar-refractivity contribution in [1.82, 2.24) is 9.80 Å². The average Bonchev–Trinajstić information content (AvgIpc) is 2.75. The minimum atomic E-state index is -0.864. The largest absolute Gasteiger partial charge is 0.350 e. The van der Waals surface area contributed by atoms with Crippen LogP contribution in [-0.4, -0.2) is 85.8 Å². The van der Waals surface area contributed by atoms with Gasteiger partial charge in [-0.2, -0.15) is 0 Å². The third kappa shape index (κ3) is 3.55. The SMILES string of the molecule is O=C(N1CCC2(CC1)OCCCO2)C1(C(=O)N2CCC3(CC2)OCCCO3)CCC1. The summed E-state index contributed by atoms with van der Waals surface area (Å²) < 4.78 is 23.6. The Morgan fingerprint density at radius 3 is 1.20 bits per heavy atom. The van der Waals surface area contributed by atoms with Crippen molar-refractivity contribution < 1.29 is 28.5 Å². The lowest BCUT2D eigenvalue weighted by Gasteiger charge is -2.50. The zero-order valence-corrected chi connectivity index (χ0v) is 17.9. The third-order valence-electron chi connectivity index (χ3n) is 7.69. The highest BCUT2D eigenvalue weighted by atomic mass is 16.7. The highest BCUT2D eigenvalue weighted by Crippen LogP contribution is 2.46. The summed E-state index contributed by atoms with van der Waals surface area (Å²) in [4.78, 5) is 30.8. The van der Waals surface area contributed by atoms with E-state index in [-0.39, 0.29) is 11.8 Å².